The molecule has 12 heavy (non-hydrogen) atoms. The van der Waals surface area contributed by atoms with E-state index in [2.05, 4.69) is 46.9 Å². The molecule has 6 heteroatoms. The Morgan fingerprint density at radius 1 is 1.33 bits per heavy atom. The van der Waals surface area contributed by atoms with Crippen LogP contribution in [0.3, 0.4) is 0 Å². The van der Waals surface area contributed by atoms with Crippen LogP contribution in [0.5, 0.6) is 0 Å². The van der Waals surface area contributed by atoms with Gasteiger partial charge in [-0.15, -0.1) is 0 Å². The fourth-order valence-corrected chi connectivity index (χ4v) is 1.96. The molecular formula is C6H4Br2N4. The molecule has 0 spiro atoms. The molecule has 0 aliphatic rings. The molecule has 2 aromatic rings. The maximum atomic E-state index is 4.18. The van der Waals surface area contributed by atoms with Crippen molar-refractivity contribution in [3.8, 4) is 0 Å². The Morgan fingerprint density at radius 2 is 2.08 bits per heavy atom. The van der Waals surface area contributed by atoms with Crippen molar-refractivity contribution >= 4 is 37.5 Å². The Bertz CT molecular complexity index is 436. The third kappa shape index (κ3) is 1.06. The number of halogens is 2. The highest BCUT2D eigenvalue weighted by Gasteiger charge is 2.08. The molecule has 2 aromatic heterocycles. The summed E-state index contributed by atoms with van der Waals surface area (Å²) >= 11 is 6.62. The molecule has 0 unspecified atom stereocenters. The van der Waals surface area contributed by atoms with Crippen molar-refractivity contribution in [2.45, 2.75) is 6.92 Å². The summed E-state index contributed by atoms with van der Waals surface area (Å²) in [6.45, 7) is 1.92. The fraction of sp³-hybridized carbons (Fsp3) is 0.167. The average Bonchev–Trinajstić information content (AvgIpc) is 2.48. The molecule has 0 radical (unpaired) electrons. The molecule has 0 aliphatic carbocycles. The van der Waals surface area contributed by atoms with E-state index in [0.717, 1.165) is 15.9 Å². The van der Waals surface area contributed by atoms with E-state index in [1.54, 1.807) is 4.52 Å². The smallest absolute Gasteiger partial charge is 0.188 e. The van der Waals surface area contributed by atoms with Gasteiger partial charge in [-0.25, -0.2) is 14.5 Å². The van der Waals surface area contributed by atoms with Gasteiger partial charge in [-0.2, -0.15) is 5.10 Å². The number of aryl methyl sites for hydroxylation is 1. The first kappa shape index (κ1) is 8.12. The van der Waals surface area contributed by atoms with Crippen LogP contribution in [0.4, 0.5) is 0 Å². The van der Waals surface area contributed by atoms with E-state index >= 15 is 0 Å². The molecule has 0 saturated carbocycles. The van der Waals surface area contributed by atoms with Gasteiger partial charge >= 0.3 is 0 Å². The highest BCUT2D eigenvalue weighted by atomic mass is 79.9. The maximum Gasteiger partial charge on any atom is 0.188 e. The van der Waals surface area contributed by atoms with Crippen LogP contribution in [0, 0.1) is 6.92 Å². The van der Waals surface area contributed by atoms with Gasteiger partial charge in [-0.1, -0.05) is 0 Å². The summed E-state index contributed by atoms with van der Waals surface area (Å²) < 4.78 is 3.19. The molecule has 0 bridgehead atoms. The fourth-order valence-electron chi connectivity index (χ4n) is 0.932. The minimum atomic E-state index is 0.692. The molecule has 2 rings (SSSR count). The van der Waals surface area contributed by atoms with Gasteiger partial charge in [0.2, 0.25) is 0 Å². The van der Waals surface area contributed by atoms with Crippen molar-refractivity contribution in [1.82, 2.24) is 19.6 Å². The molecule has 2 heterocycles. The molecule has 4 nitrogen and oxygen atoms in total. The second-order valence-electron chi connectivity index (χ2n) is 2.27. The van der Waals surface area contributed by atoms with Gasteiger partial charge in [0.25, 0.3) is 0 Å². The Hall–Kier alpha value is -0.490. The predicted octanol–water partition coefficient (Wildman–Crippen LogP) is 1.96. The van der Waals surface area contributed by atoms with Crippen LogP contribution in [0.2, 0.25) is 0 Å². The van der Waals surface area contributed by atoms with Crippen LogP contribution in [0.25, 0.3) is 5.65 Å². The highest BCUT2D eigenvalue weighted by molar-refractivity contribution is 9.11. The summed E-state index contributed by atoms with van der Waals surface area (Å²) in [6, 6.07) is 0. The first-order chi connectivity index (χ1) is 5.70. The van der Waals surface area contributed by atoms with E-state index in [0.29, 0.717) is 4.60 Å². The lowest BCUT2D eigenvalue weighted by molar-refractivity contribution is 0.881. The lowest BCUT2D eigenvalue weighted by Gasteiger charge is -2.00. The molecule has 0 fully saturated rings. The molecule has 0 aliphatic heterocycles. The average molecular weight is 292 g/mol. The van der Waals surface area contributed by atoms with Crippen LogP contribution in [0.1, 0.15) is 5.69 Å². The zero-order valence-electron chi connectivity index (χ0n) is 6.12. The van der Waals surface area contributed by atoms with Crippen LogP contribution in [-0.2, 0) is 0 Å². The maximum absolute atomic E-state index is 4.18. The number of fused-ring (bicyclic) bond motifs is 1. The third-order valence-electron chi connectivity index (χ3n) is 1.54. The summed E-state index contributed by atoms with van der Waals surface area (Å²) in [7, 11) is 0. The highest BCUT2D eigenvalue weighted by Crippen LogP contribution is 2.19. The molecule has 62 valence electrons. The zero-order valence-corrected chi connectivity index (χ0v) is 9.29. The van der Waals surface area contributed by atoms with Crippen molar-refractivity contribution in [2.75, 3.05) is 0 Å². The zero-order chi connectivity index (χ0) is 8.72. The van der Waals surface area contributed by atoms with E-state index in [1.807, 2.05) is 6.92 Å². The van der Waals surface area contributed by atoms with Gasteiger partial charge < -0.3 is 0 Å². The lowest BCUT2D eigenvalue weighted by Crippen LogP contribution is -1.97. The van der Waals surface area contributed by atoms with Crippen LogP contribution >= 0.6 is 31.9 Å². The molecule has 0 N–H and O–H groups in total. The SMILES string of the molecule is Cc1c(Br)nc(Br)c2ncnn12. The summed E-state index contributed by atoms with van der Waals surface area (Å²) in [5, 5.41) is 4.05. The van der Waals surface area contributed by atoms with Gasteiger partial charge in [0.1, 0.15) is 10.9 Å². The minimum Gasteiger partial charge on any atom is -0.228 e. The van der Waals surface area contributed by atoms with E-state index in [9.17, 15) is 0 Å². The van der Waals surface area contributed by atoms with Gasteiger partial charge in [0.05, 0.1) is 5.69 Å². The normalized spacial score (nSPS) is 10.9. The van der Waals surface area contributed by atoms with Crippen LogP contribution in [-0.4, -0.2) is 19.6 Å². The number of hydrogen-bond acceptors (Lipinski definition) is 3. The largest absolute Gasteiger partial charge is 0.228 e. The molecule has 0 amide bonds. The third-order valence-corrected chi connectivity index (χ3v) is 2.83. The first-order valence-corrected chi connectivity index (χ1v) is 4.80. The summed E-state index contributed by atoms with van der Waals surface area (Å²) in [4.78, 5) is 8.23. The van der Waals surface area contributed by atoms with Gasteiger partial charge in [-0.05, 0) is 38.8 Å². The predicted molar refractivity (Wildman–Crippen MR) is 50.9 cm³/mol. The summed E-state index contributed by atoms with van der Waals surface area (Å²) in [5.41, 5.74) is 1.67. The van der Waals surface area contributed by atoms with Crippen molar-refractivity contribution in [3.05, 3.63) is 21.2 Å². The second kappa shape index (κ2) is 2.77. The van der Waals surface area contributed by atoms with Crippen LogP contribution in [0.15, 0.2) is 15.5 Å². The van der Waals surface area contributed by atoms with E-state index in [4.69, 9.17) is 0 Å². The van der Waals surface area contributed by atoms with Crippen molar-refractivity contribution < 1.29 is 0 Å². The van der Waals surface area contributed by atoms with E-state index in [-0.39, 0.29) is 0 Å². The first-order valence-electron chi connectivity index (χ1n) is 3.21. The number of rotatable bonds is 0. The molecular weight excluding hydrogens is 288 g/mol. The van der Waals surface area contributed by atoms with Crippen molar-refractivity contribution in [1.29, 1.82) is 0 Å². The van der Waals surface area contributed by atoms with E-state index in [1.165, 1.54) is 6.33 Å². The molecule has 0 aromatic carbocycles. The monoisotopic (exact) mass is 290 g/mol. The second-order valence-corrected chi connectivity index (χ2v) is 3.78. The number of nitrogens with zero attached hydrogens (tertiary/aromatic N) is 4. The quantitative estimate of drug-likeness (QED) is 0.745. The van der Waals surface area contributed by atoms with Crippen molar-refractivity contribution in [3.63, 3.8) is 0 Å². The minimum absolute atomic E-state index is 0.692. The Labute approximate surface area is 85.3 Å². The van der Waals surface area contributed by atoms with Crippen LogP contribution < -0.4 is 0 Å². The lowest BCUT2D eigenvalue weighted by atomic mass is 10.5. The Morgan fingerprint density at radius 3 is 2.83 bits per heavy atom. The molecule has 0 atom stereocenters. The van der Waals surface area contributed by atoms with Crippen molar-refractivity contribution in [2.24, 2.45) is 0 Å². The number of hydrogen-bond donors (Lipinski definition) is 0. The topological polar surface area (TPSA) is 43.1 Å². The Balaban J connectivity index is 2.97. The van der Waals surface area contributed by atoms with Gasteiger partial charge in [-0.3, -0.25) is 0 Å². The van der Waals surface area contributed by atoms with E-state index < -0.39 is 0 Å². The van der Waals surface area contributed by atoms with Gasteiger partial charge in [0, 0.05) is 0 Å². The Kier molecular flexibility index (Phi) is 1.88. The summed E-state index contributed by atoms with van der Waals surface area (Å²) in [6.07, 6.45) is 1.50. The number of aromatic nitrogens is 4. The molecule has 0 saturated heterocycles. The summed E-state index contributed by atoms with van der Waals surface area (Å²) in [5.74, 6) is 0. The standard InChI is InChI=1S/C6H4Br2N4/c1-3-4(7)11-5(8)6-9-2-10-12(3)6/h2H,1H3. The van der Waals surface area contributed by atoms with Gasteiger partial charge in [0.15, 0.2) is 10.3 Å².